The zero-order valence-corrected chi connectivity index (χ0v) is 9.45. The van der Waals surface area contributed by atoms with Gasteiger partial charge in [-0.05, 0) is 18.2 Å². The first kappa shape index (κ1) is 12.3. The molecule has 1 aromatic carbocycles. The predicted octanol–water partition coefficient (Wildman–Crippen LogP) is 0.00990. The van der Waals surface area contributed by atoms with Crippen LogP contribution in [0, 0.1) is 0 Å². The van der Waals surface area contributed by atoms with Gasteiger partial charge in [-0.3, -0.25) is 0 Å². The minimum absolute atomic E-state index is 0.126. The zero-order chi connectivity index (χ0) is 12.3. The highest BCUT2D eigenvalue weighted by molar-refractivity contribution is 7.90. The lowest BCUT2D eigenvalue weighted by atomic mass is 10.2. The van der Waals surface area contributed by atoms with Crippen LogP contribution in [0.4, 0.5) is 11.4 Å². The summed E-state index contributed by atoms with van der Waals surface area (Å²) in [6, 6.07) is 4.20. The molecule has 0 atom stereocenters. The molecule has 16 heavy (non-hydrogen) atoms. The van der Waals surface area contributed by atoms with Crippen molar-refractivity contribution in [3.8, 4) is 0 Å². The van der Waals surface area contributed by atoms with E-state index in [2.05, 4.69) is 4.74 Å². The molecule has 6 nitrogen and oxygen atoms in total. The molecule has 0 spiro atoms. The Balaban J connectivity index is 2.81. The van der Waals surface area contributed by atoms with E-state index in [0.29, 0.717) is 11.4 Å². The molecule has 1 rings (SSSR count). The summed E-state index contributed by atoms with van der Waals surface area (Å²) < 4.78 is 26.1. The number of nitrogens with two attached hydrogens (primary N) is 2. The highest BCUT2D eigenvalue weighted by atomic mass is 32.2. The maximum Gasteiger partial charge on any atom is 0.339 e. The van der Waals surface area contributed by atoms with Crippen LogP contribution in [0.3, 0.4) is 0 Å². The number of carbonyl (C=O) groups is 1. The van der Waals surface area contributed by atoms with Crippen molar-refractivity contribution in [2.24, 2.45) is 0 Å². The molecule has 7 heteroatoms. The third-order valence-corrected chi connectivity index (χ3v) is 2.16. The second-order valence-corrected chi connectivity index (χ2v) is 5.45. The summed E-state index contributed by atoms with van der Waals surface area (Å²) in [5.41, 5.74) is 11.7. The lowest BCUT2D eigenvalue weighted by molar-refractivity contribution is 0.0572. The molecule has 0 fully saturated rings. The fourth-order valence-electron chi connectivity index (χ4n) is 1.04. The summed E-state index contributed by atoms with van der Waals surface area (Å²) in [7, 11) is -3.35. The topological polar surface area (TPSA) is 112 Å². The van der Waals surface area contributed by atoms with Crippen molar-refractivity contribution in [3.63, 3.8) is 0 Å². The molecule has 0 aliphatic heterocycles. The Morgan fingerprint density at radius 1 is 1.25 bits per heavy atom. The second-order valence-electron chi connectivity index (χ2n) is 3.36. The maximum absolute atomic E-state index is 11.4. The molecular formula is C9H12N2O4S. The summed E-state index contributed by atoms with van der Waals surface area (Å²) in [5.74, 6) is -1.44. The third-order valence-electron chi connectivity index (χ3n) is 1.62. The van der Waals surface area contributed by atoms with Gasteiger partial charge in [-0.2, -0.15) is 0 Å². The summed E-state index contributed by atoms with van der Waals surface area (Å²) in [5, 5.41) is 0. The van der Waals surface area contributed by atoms with Gasteiger partial charge in [0.2, 0.25) is 0 Å². The number of carbonyl (C=O) groups excluding carboxylic acids is 1. The number of benzene rings is 1. The normalized spacial score (nSPS) is 11.1. The minimum Gasteiger partial charge on any atom is -0.446 e. The largest absolute Gasteiger partial charge is 0.446 e. The number of anilines is 2. The Bertz CT molecular complexity index is 490. The number of hydrogen-bond donors (Lipinski definition) is 2. The maximum atomic E-state index is 11.4. The number of ether oxygens (including phenoxy) is 1. The lowest BCUT2D eigenvalue weighted by Crippen LogP contribution is -2.13. The van der Waals surface area contributed by atoms with Crippen LogP contribution in [0.2, 0.25) is 0 Å². The molecule has 0 bridgehead atoms. The highest BCUT2D eigenvalue weighted by Crippen LogP contribution is 2.14. The first-order valence-corrected chi connectivity index (χ1v) is 6.35. The highest BCUT2D eigenvalue weighted by Gasteiger charge is 2.11. The standard InChI is InChI=1S/C9H12N2O4S/c1-16(13,14)5-15-9(12)6-2-7(10)4-8(11)3-6/h2-4H,5,10-11H2,1H3. The molecule has 4 N–H and O–H groups in total. The van der Waals surface area contributed by atoms with E-state index < -0.39 is 21.7 Å². The molecule has 0 aliphatic rings. The number of hydrogen-bond acceptors (Lipinski definition) is 6. The molecular weight excluding hydrogens is 232 g/mol. The lowest BCUT2D eigenvalue weighted by Gasteiger charge is -2.05. The van der Waals surface area contributed by atoms with E-state index in [1.165, 1.54) is 18.2 Å². The summed E-state index contributed by atoms with van der Waals surface area (Å²) >= 11 is 0. The molecule has 0 unspecified atom stereocenters. The van der Waals surface area contributed by atoms with Crippen LogP contribution in [0.5, 0.6) is 0 Å². The molecule has 0 saturated carbocycles. The minimum atomic E-state index is -3.35. The van der Waals surface area contributed by atoms with Crippen LogP contribution in [0.15, 0.2) is 18.2 Å². The van der Waals surface area contributed by atoms with Gasteiger partial charge in [-0.25, -0.2) is 13.2 Å². The molecule has 0 aliphatic carbocycles. The van der Waals surface area contributed by atoms with Crippen LogP contribution < -0.4 is 11.5 Å². The van der Waals surface area contributed by atoms with Crippen molar-refractivity contribution < 1.29 is 17.9 Å². The number of esters is 1. The van der Waals surface area contributed by atoms with Crippen LogP contribution in [-0.4, -0.2) is 26.6 Å². The van der Waals surface area contributed by atoms with Gasteiger partial charge in [0.15, 0.2) is 15.8 Å². The van der Waals surface area contributed by atoms with Gasteiger partial charge in [-0.15, -0.1) is 0 Å². The van der Waals surface area contributed by atoms with Crippen molar-refractivity contribution in [2.45, 2.75) is 0 Å². The average molecular weight is 244 g/mol. The van der Waals surface area contributed by atoms with Crippen LogP contribution in [0.1, 0.15) is 10.4 Å². The van der Waals surface area contributed by atoms with Gasteiger partial charge in [0, 0.05) is 17.6 Å². The van der Waals surface area contributed by atoms with Crippen molar-refractivity contribution in [2.75, 3.05) is 23.7 Å². The van der Waals surface area contributed by atoms with E-state index in [-0.39, 0.29) is 5.56 Å². The Kier molecular flexibility index (Phi) is 3.38. The summed E-state index contributed by atoms with van der Waals surface area (Å²) in [6.07, 6.45) is 0.966. The number of rotatable bonds is 3. The van der Waals surface area contributed by atoms with E-state index in [4.69, 9.17) is 11.5 Å². The molecule has 0 aromatic heterocycles. The Morgan fingerprint density at radius 2 is 1.75 bits per heavy atom. The third kappa shape index (κ3) is 3.77. The van der Waals surface area contributed by atoms with Crippen molar-refractivity contribution >= 4 is 27.2 Å². The molecule has 0 saturated heterocycles. The van der Waals surface area contributed by atoms with Crippen LogP contribution >= 0.6 is 0 Å². The Hall–Kier alpha value is -1.76. The fourth-order valence-corrected chi connectivity index (χ4v) is 1.36. The molecule has 88 valence electrons. The molecule has 0 amide bonds. The van der Waals surface area contributed by atoms with Gasteiger partial charge in [0.25, 0.3) is 0 Å². The smallest absolute Gasteiger partial charge is 0.339 e. The molecule has 0 heterocycles. The van der Waals surface area contributed by atoms with Gasteiger partial charge in [0.05, 0.1) is 5.56 Å². The summed E-state index contributed by atoms with van der Waals surface area (Å²) in [6.45, 7) is 0. The number of nitrogen functional groups attached to an aromatic ring is 2. The second kappa shape index (κ2) is 4.40. The van der Waals surface area contributed by atoms with Crippen LogP contribution in [0.25, 0.3) is 0 Å². The van der Waals surface area contributed by atoms with Gasteiger partial charge < -0.3 is 16.2 Å². The quantitative estimate of drug-likeness (QED) is 0.572. The predicted molar refractivity (Wildman–Crippen MR) is 60.4 cm³/mol. The first-order chi connectivity index (χ1) is 7.28. The van der Waals surface area contributed by atoms with Gasteiger partial charge >= 0.3 is 5.97 Å². The number of sulfone groups is 1. The fraction of sp³-hybridized carbons (Fsp3) is 0.222. The Labute approximate surface area is 93.1 Å². The van der Waals surface area contributed by atoms with Crippen molar-refractivity contribution in [3.05, 3.63) is 23.8 Å². The molecule has 1 aromatic rings. The van der Waals surface area contributed by atoms with E-state index in [1.54, 1.807) is 0 Å². The van der Waals surface area contributed by atoms with E-state index in [0.717, 1.165) is 6.26 Å². The average Bonchev–Trinajstić information content (AvgIpc) is 2.11. The molecule has 0 radical (unpaired) electrons. The van der Waals surface area contributed by atoms with E-state index in [9.17, 15) is 13.2 Å². The van der Waals surface area contributed by atoms with Gasteiger partial charge in [0.1, 0.15) is 0 Å². The first-order valence-electron chi connectivity index (χ1n) is 4.29. The van der Waals surface area contributed by atoms with E-state index in [1.807, 2.05) is 0 Å². The van der Waals surface area contributed by atoms with E-state index >= 15 is 0 Å². The SMILES string of the molecule is CS(=O)(=O)COC(=O)c1cc(N)cc(N)c1. The van der Waals surface area contributed by atoms with Crippen molar-refractivity contribution in [1.82, 2.24) is 0 Å². The van der Waals surface area contributed by atoms with Crippen LogP contribution in [-0.2, 0) is 14.6 Å². The zero-order valence-electron chi connectivity index (χ0n) is 8.64. The van der Waals surface area contributed by atoms with Crippen molar-refractivity contribution in [1.29, 1.82) is 0 Å². The van der Waals surface area contributed by atoms with Gasteiger partial charge in [-0.1, -0.05) is 0 Å². The monoisotopic (exact) mass is 244 g/mol. The Morgan fingerprint density at radius 3 is 2.19 bits per heavy atom. The summed E-state index contributed by atoms with van der Waals surface area (Å²) in [4.78, 5) is 11.4.